The van der Waals surface area contributed by atoms with Crippen molar-refractivity contribution in [2.75, 3.05) is 32.2 Å². The van der Waals surface area contributed by atoms with E-state index in [4.69, 9.17) is 9.47 Å². The SMILES string of the molecule is COCCOCC(=O)Nc1ccc(-c2ccncc2)c(C)c1. The first-order valence-corrected chi connectivity index (χ1v) is 7.08. The zero-order valence-corrected chi connectivity index (χ0v) is 12.8. The number of carbonyl (C=O) groups excluding carboxylic acids is 1. The highest BCUT2D eigenvalue weighted by Gasteiger charge is 2.06. The van der Waals surface area contributed by atoms with Gasteiger partial charge in [0.2, 0.25) is 5.91 Å². The minimum atomic E-state index is -0.174. The van der Waals surface area contributed by atoms with E-state index >= 15 is 0 Å². The maximum absolute atomic E-state index is 11.8. The van der Waals surface area contributed by atoms with E-state index in [-0.39, 0.29) is 12.5 Å². The average Bonchev–Trinajstić information content (AvgIpc) is 2.52. The molecule has 0 fully saturated rings. The Morgan fingerprint density at radius 1 is 1.18 bits per heavy atom. The van der Waals surface area contributed by atoms with Crippen molar-refractivity contribution in [3.8, 4) is 11.1 Å². The van der Waals surface area contributed by atoms with Gasteiger partial charge in [-0.3, -0.25) is 9.78 Å². The molecule has 22 heavy (non-hydrogen) atoms. The van der Waals surface area contributed by atoms with Crippen LogP contribution in [0.4, 0.5) is 5.69 Å². The van der Waals surface area contributed by atoms with Crippen LogP contribution in [-0.4, -0.2) is 37.8 Å². The summed E-state index contributed by atoms with van der Waals surface area (Å²) in [5, 5.41) is 2.82. The van der Waals surface area contributed by atoms with Gasteiger partial charge in [0.1, 0.15) is 6.61 Å². The second-order valence-corrected chi connectivity index (χ2v) is 4.86. The van der Waals surface area contributed by atoms with Gasteiger partial charge in [-0.25, -0.2) is 0 Å². The average molecular weight is 300 g/mol. The Hall–Kier alpha value is -2.24. The van der Waals surface area contributed by atoms with Crippen molar-refractivity contribution < 1.29 is 14.3 Å². The van der Waals surface area contributed by atoms with E-state index in [0.717, 1.165) is 22.4 Å². The molecule has 0 aliphatic heterocycles. The Morgan fingerprint density at radius 3 is 2.64 bits per heavy atom. The van der Waals surface area contributed by atoms with Crippen molar-refractivity contribution in [1.29, 1.82) is 0 Å². The summed E-state index contributed by atoms with van der Waals surface area (Å²) < 4.78 is 10.0. The number of nitrogens with zero attached hydrogens (tertiary/aromatic N) is 1. The predicted molar refractivity (Wildman–Crippen MR) is 85.7 cm³/mol. The summed E-state index contributed by atoms with van der Waals surface area (Å²) in [6.07, 6.45) is 3.53. The Balaban J connectivity index is 1.96. The molecule has 0 atom stereocenters. The third-order valence-corrected chi connectivity index (χ3v) is 3.17. The van der Waals surface area contributed by atoms with Gasteiger partial charge in [-0.2, -0.15) is 0 Å². The summed E-state index contributed by atoms with van der Waals surface area (Å²) >= 11 is 0. The fourth-order valence-electron chi connectivity index (χ4n) is 2.10. The van der Waals surface area contributed by atoms with Crippen LogP contribution in [-0.2, 0) is 14.3 Å². The minimum Gasteiger partial charge on any atom is -0.382 e. The van der Waals surface area contributed by atoms with Gasteiger partial charge in [0.25, 0.3) is 0 Å². The van der Waals surface area contributed by atoms with Crippen molar-refractivity contribution in [2.45, 2.75) is 6.92 Å². The molecule has 0 saturated carbocycles. The molecule has 1 aromatic heterocycles. The van der Waals surface area contributed by atoms with Crippen LogP contribution >= 0.6 is 0 Å². The van der Waals surface area contributed by atoms with Gasteiger partial charge in [-0.05, 0) is 47.9 Å². The molecule has 2 rings (SSSR count). The molecule has 0 bridgehead atoms. The van der Waals surface area contributed by atoms with Gasteiger partial charge in [-0.15, -0.1) is 0 Å². The Labute approximate surface area is 130 Å². The van der Waals surface area contributed by atoms with Crippen molar-refractivity contribution in [3.05, 3.63) is 48.3 Å². The molecule has 5 nitrogen and oxygen atoms in total. The molecule has 0 spiro atoms. The third-order valence-electron chi connectivity index (χ3n) is 3.17. The van der Waals surface area contributed by atoms with Crippen LogP contribution in [0.1, 0.15) is 5.56 Å². The third kappa shape index (κ3) is 4.65. The molecule has 0 radical (unpaired) electrons. The van der Waals surface area contributed by atoms with E-state index in [9.17, 15) is 4.79 Å². The molecule has 5 heteroatoms. The van der Waals surface area contributed by atoms with E-state index in [1.165, 1.54) is 0 Å². The number of aryl methyl sites for hydroxylation is 1. The van der Waals surface area contributed by atoms with Gasteiger partial charge < -0.3 is 14.8 Å². The molecule has 1 N–H and O–H groups in total. The second-order valence-electron chi connectivity index (χ2n) is 4.86. The molecule has 116 valence electrons. The highest BCUT2D eigenvalue weighted by molar-refractivity contribution is 5.92. The lowest BCUT2D eigenvalue weighted by Gasteiger charge is -2.10. The summed E-state index contributed by atoms with van der Waals surface area (Å²) in [6, 6.07) is 9.75. The maximum Gasteiger partial charge on any atom is 0.250 e. The van der Waals surface area contributed by atoms with E-state index < -0.39 is 0 Å². The van der Waals surface area contributed by atoms with Crippen LogP contribution in [0.25, 0.3) is 11.1 Å². The summed E-state index contributed by atoms with van der Waals surface area (Å²) in [5.41, 5.74) is 4.07. The van der Waals surface area contributed by atoms with Gasteiger partial charge in [0.05, 0.1) is 13.2 Å². The standard InChI is InChI=1S/C17H20N2O3/c1-13-11-15(19-17(20)12-22-10-9-21-2)3-4-16(13)14-5-7-18-8-6-14/h3-8,11H,9-10,12H2,1-2H3,(H,19,20). The normalized spacial score (nSPS) is 10.5. The first-order chi connectivity index (χ1) is 10.7. The summed E-state index contributed by atoms with van der Waals surface area (Å²) in [7, 11) is 1.59. The molecule has 0 aliphatic carbocycles. The molecule has 0 aliphatic rings. The zero-order valence-electron chi connectivity index (χ0n) is 12.8. The first kappa shape index (κ1) is 16.1. The Morgan fingerprint density at radius 2 is 1.95 bits per heavy atom. The van der Waals surface area contributed by atoms with Crippen molar-refractivity contribution in [3.63, 3.8) is 0 Å². The number of benzene rings is 1. The molecule has 1 amide bonds. The van der Waals surface area contributed by atoms with Crippen LogP contribution in [0.5, 0.6) is 0 Å². The smallest absolute Gasteiger partial charge is 0.250 e. The number of hydrogen-bond acceptors (Lipinski definition) is 4. The van der Waals surface area contributed by atoms with Crippen LogP contribution in [0, 0.1) is 6.92 Å². The predicted octanol–water partition coefficient (Wildman–Crippen LogP) is 2.66. The first-order valence-electron chi connectivity index (χ1n) is 7.08. The Bertz CT molecular complexity index is 615. The molecular weight excluding hydrogens is 280 g/mol. The van der Waals surface area contributed by atoms with Crippen LogP contribution < -0.4 is 5.32 Å². The maximum atomic E-state index is 11.8. The molecule has 0 saturated heterocycles. The molecule has 1 aromatic carbocycles. The molecule has 0 unspecified atom stereocenters. The van der Waals surface area contributed by atoms with E-state index in [0.29, 0.717) is 13.2 Å². The lowest BCUT2D eigenvalue weighted by Crippen LogP contribution is -2.19. The number of hydrogen-bond donors (Lipinski definition) is 1. The number of carbonyl (C=O) groups is 1. The van der Waals surface area contributed by atoms with Crippen molar-refractivity contribution >= 4 is 11.6 Å². The van der Waals surface area contributed by atoms with Crippen LogP contribution in [0.15, 0.2) is 42.7 Å². The Kier molecular flexibility index (Phi) is 6.06. The number of nitrogens with one attached hydrogen (secondary N) is 1. The van der Waals surface area contributed by atoms with Gasteiger partial charge >= 0.3 is 0 Å². The fraction of sp³-hybridized carbons (Fsp3) is 0.294. The number of amides is 1. The van der Waals surface area contributed by atoms with Gasteiger partial charge in [-0.1, -0.05) is 6.07 Å². The lowest BCUT2D eigenvalue weighted by atomic mass is 10.0. The fourth-order valence-corrected chi connectivity index (χ4v) is 2.10. The monoisotopic (exact) mass is 300 g/mol. The quantitative estimate of drug-likeness (QED) is 0.799. The second kappa shape index (κ2) is 8.26. The van der Waals surface area contributed by atoms with Crippen molar-refractivity contribution in [1.82, 2.24) is 4.98 Å². The summed E-state index contributed by atoms with van der Waals surface area (Å²) in [4.78, 5) is 15.8. The molecular formula is C17H20N2O3. The number of pyridine rings is 1. The molecule has 2 aromatic rings. The van der Waals surface area contributed by atoms with E-state index in [1.807, 2.05) is 37.3 Å². The number of rotatable bonds is 7. The highest BCUT2D eigenvalue weighted by atomic mass is 16.5. The number of aromatic nitrogens is 1. The van der Waals surface area contributed by atoms with Crippen LogP contribution in [0.3, 0.4) is 0 Å². The number of methoxy groups -OCH3 is 1. The van der Waals surface area contributed by atoms with Gasteiger partial charge in [0.15, 0.2) is 0 Å². The summed E-state index contributed by atoms with van der Waals surface area (Å²) in [5.74, 6) is -0.174. The minimum absolute atomic E-state index is 0.0223. The van der Waals surface area contributed by atoms with E-state index in [2.05, 4.69) is 10.3 Å². The van der Waals surface area contributed by atoms with Crippen LogP contribution in [0.2, 0.25) is 0 Å². The van der Waals surface area contributed by atoms with E-state index in [1.54, 1.807) is 19.5 Å². The topological polar surface area (TPSA) is 60.5 Å². The van der Waals surface area contributed by atoms with Crippen molar-refractivity contribution in [2.24, 2.45) is 0 Å². The summed E-state index contributed by atoms with van der Waals surface area (Å²) in [6.45, 7) is 2.92. The molecule has 1 heterocycles. The zero-order chi connectivity index (χ0) is 15.8. The lowest BCUT2D eigenvalue weighted by molar-refractivity contribution is -0.121. The number of ether oxygens (including phenoxy) is 2. The number of anilines is 1. The largest absolute Gasteiger partial charge is 0.382 e. The highest BCUT2D eigenvalue weighted by Crippen LogP contribution is 2.25. The van der Waals surface area contributed by atoms with Gasteiger partial charge in [0, 0.05) is 25.2 Å².